The Balaban J connectivity index is 1.52. The van der Waals surface area contributed by atoms with Gasteiger partial charge in [0.1, 0.15) is 6.54 Å². The molecule has 1 N–H and O–H groups in total. The minimum Gasteiger partial charge on any atom is -0.338 e. The summed E-state index contributed by atoms with van der Waals surface area (Å²) in [5.74, 6) is 0.156. The van der Waals surface area contributed by atoms with Gasteiger partial charge in [-0.2, -0.15) is 0 Å². The Kier molecular flexibility index (Phi) is 4.00. The first kappa shape index (κ1) is 13.5. The normalized spacial score (nSPS) is 23.1. The van der Waals surface area contributed by atoms with Gasteiger partial charge in [-0.05, 0) is 39.0 Å². The van der Waals surface area contributed by atoms with Crippen molar-refractivity contribution in [2.45, 2.75) is 64.2 Å². The number of aromatic nitrogens is 3. The lowest BCUT2D eigenvalue weighted by Crippen LogP contribution is -2.43. The molecule has 0 aromatic carbocycles. The summed E-state index contributed by atoms with van der Waals surface area (Å²) in [6.07, 6.45) is 7.86. The molecule has 1 aliphatic heterocycles. The van der Waals surface area contributed by atoms with Crippen molar-refractivity contribution in [3.05, 3.63) is 11.9 Å². The van der Waals surface area contributed by atoms with Crippen LogP contribution in [0.25, 0.3) is 0 Å². The fourth-order valence-corrected chi connectivity index (χ4v) is 2.73. The summed E-state index contributed by atoms with van der Waals surface area (Å²) in [6, 6.07) is 1.02. The van der Waals surface area contributed by atoms with Gasteiger partial charge < -0.3 is 10.2 Å². The Labute approximate surface area is 119 Å². The maximum atomic E-state index is 12.3. The SMILES string of the molecule is CC1CCCCN1C(=O)Cn1cc(CNC2CC2)nn1. The van der Waals surface area contributed by atoms with Crippen molar-refractivity contribution in [1.82, 2.24) is 25.2 Å². The van der Waals surface area contributed by atoms with Gasteiger partial charge in [-0.15, -0.1) is 5.10 Å². The third kappa shape index (κ3) is 3.36. The number of carbonyl (C=O) groups excluding carboxylic acids is 1. The van der Waals surface area contributed by atoms with Gasteiger partial charge >= 0.3 is 0 Å². The Morgan fingerprint density at radius 1 is 1.40 bits per heavy atom. The highest BCUT2D eigenvalue weighted by Gasteiger charge is 2.24. The van der Waals surface area contributed by atoms with Crippen LogP contribution in [-0.4, -0.2) is 44.4 Å². The van der Waals surface area contributed by atoms with E-state index in [-0.39, 0.29) is 5.91 Å². The molecule has 2 heterocycles. The van der Waals surface area contributed by atoms with Crippen molar-refractivity contribution in [2.75, 3.05) is 6.54 Å². The summed E-state index contributed by atoms with van der Waals surface area (Å²) in [7, 11) is 0. The maximum absolute atomic E-state index is 12.3. The number of likely N-dealkylation sites (tertiary alicyclic amines) is 1. The summed E-state index contributed by atoms with van der Waals surface area (Å²) in [5.41, 5.74) is 0.913. The van der Waals surface area contributed by atoms with E-state index in [1.165, 1.54) is 19.3 Å². The van der Waals surface area contributed by atoms with E-state index < -0.39 is 0 Å². The van der Waals surface area contributed by atoms with Crippen LogP contribution in [0.3, 0.4) is 0 Å². The molecule has 1 atom stereocenters. The van der Waals surface area contributed by atoms with Crippen LogP contribution in [0.5, 0.6) is 0 Å². The third-order valence-electron chi connectivity index (χ3n) is 4.16. The van der Waals surface area contributed by atoms with Crippen molar-refractivity contribution < 1.29 is 4.79 Å². The first-order valence-electron chi connectivity index (χ1n) is 7.64. The molecule has 20 heavy (non-hydrogen) atoms. The van der Waals surface area contributed by atoms with Crippen molar-refractivity contribution in [2.24, 2.45) is 0 Å². The Hall–Kier alpha value is -1.43. The monoisotopic (exact) mass is 277 g/mol. The zero-order chi connectivity index (χ0) is 13.9. The van der Waals surface area contributed by atoms with Crippen molar-refractivity contribution >= 4 is 5.91 Å². The number of nitrogens with zero attached hydrogens (tertiary/aromatic N) is 4. The van der Waals surface area contributed by atoms with Gasteiger partial charge in [-0.3, -0.25) is 4.79 Å². The van der Waals surface area contributed by atoms with Crippen LogP contribution in [0.15, 0.2) is 6.20 Å². The van der Waals surface area contributed by atoms with Gasteiger partial charge in [0, 0.05) is 25.2 Å². The molecule has 1 aromatic rings. The van der Waals surface area contributed by atoms with Crippen LogP contribution >= 0.6 is 0 Å². The number of rotatable bonds is 5. The van der Waals surface area contributed by atoms with Crippen LogP contribution in [0.4, 0.5) is 0 Å². The van der Waals surface area contributed by atoms with Gasteiger partial charge in [0.05, 0.1) is 11.9 Å². The molecule has 0 spiro atoms. The molecule has 110 valence electrons. The molecule has 1 aromatic heterocycles. The number of nitrogens with one attached hydrogen (secondary N) is 1. The van der Waals surface area contributed by atoms with Gasteiger partial charge in [0.2, 0.25) is 5.91 Å². The summed E-state index contributed by atoms with van der Waals surface area (Å²) >= 11 is 0. The Morgan fingerprint density at radius 2 is 2.25 bits per heavy atom. The predicted molar refractivity (Wildman–Crippen MR) is 74.9 cm³/mol. The second-order valence-corrected chi connectivity index (χ2v) is 5.99. The van der Waals surface area contributed by atoms with E-state index in [4.69, 9.17) is 0 Å². The van der Waals surface area contributed by atoms with Gasteiger partial charge in [-0.25, -0.2) is 4.68 Å². The Morgan fingerprint density at radius 3 is 3.00 bits per heavy atom. The second kappa shape index (κ2) is 5.91. The minimum absolute atomic E-state index is 0.156. The largest absolute Gasteiger partial charge is 0.338 e. The van der Waals surface area contributed by atoms with Gasteiger partial charge in [0.25, 0.3) is 0 Å². The van der Waals surface area contributed by atoms with E-state index >= 15 is 0 Å². The zero-order valence-electron chi connectivity index (χ0n) is 12.1. The quantitative estimate of drug-likeness (QED) is 0.869. The first-order valence-corrected chi connectivity index (χ1v) is 7.64. The highest BCUT2D eigenvalue weighted by molar-refractivity contribution is 5.76. The topological polar surface area (TPSA) is 63.1 Å². The smallest absolute Gasteiger partial charge is 0.244 e. The van der Waals surface area contributed by atoms with Crippen LogP contribution in [0.1, 0.15) is 44.7 Å². The standard InChI is InChI=1S/C14H23N5O/c1-11-4-2-3-7-19(11)14(20)10-18-9-13(16-17-18)8-15-12-5-6-12/h9,11-12,15H,2-8,10H2,1H3. The van der Waals surface area contributed by atoms with Crippen LogP contribution in [0.2, 0.25) is 0 Å². The van der Waals surface area contributed by atoms with Gasteiger partial charge in [-0.1, -0.05) is 5.21 Å². The molecule has 1 aliphatic carbocycles. The van der Waals surface area contributed by atoms with Crippen LogP contribution in [-0.2, 0) is 17.9 Å². The lowest BCUT2D eigenvalue weighted by molar-refractivity contribution is -0.135. The summed E-state index contributed by atoms with van der Waals surface area (Å²) < 4.78 is 1.66. The number of hydrogen-bond donors (Lipinski definition) is 1. The van der Waals surface area contributed by atoms with Crippen LogP contribution in [0, 0.1) is 0 Å². The summed E-state index contributed by atoms with van der Waals surface area (Å²) in [6.45, 7) is 4.06. The highest BCUT2D eigenvalue weighted by Crippen LogP contribution is 2.19. The fraction of sp³-hybridized carbons (Fsp3) is 0.786. The molecular weight excluding hydrogens is 254 g/mol. The predicted octanol–water partition coefficient (Wildman–Crippen LogP) is 0.931. The average molecular weight is 277 g/mol. The molecule has 0 bridgehead atoms. The van der Waals surface area contributed by atoms with E-state index in [0.29, 0.717) is 18.6 Å². The van der Waals surface area contributed by atoms with E-state index in [1.807, 2.05) is 11.1 Å². The van der Waals surface area contributed by atoms with E-state index in [0.717, 1.165) is 31.6 Å². The zero-order valence-corrected chi connectivity index (χ0v) is 12.1. The molecule has 1 unspecified atom stereocenters. The number of carbonyl (C=O) groups is 1. The number of hydrogen-bond acceptors (Lipinski definition) is 4. The molecule has 2 aliphatic rings. The van der Waals surface area contributed by atoms with E-state index in [9.17, 15) is 4.79 Å². The van der Waals surface area contributed by atoms with E-state index in [1.54, 1.807) is 4.68 Å². The minimum atomic E-state index is 0.156. The Bertz CT molecular complexity index is 468. The molecule has 1 amide bonds. The van der Waals surface area contributed by atoms with E-state index in [2.05, 4.69) is 22.6 Å². The summed E-state index contributed by atoms with van der Waals surface area (Å²) in [5, 5.41) is 11.6. The number of piperidine rings is 1. The molecule has 3 rings (SSSR count). The lowest BCUT2D eigenvalue weighted by Gasteiger charge is -2.33. The summed E-state index contributed by atoms with van der Waals surface area (Å²) in [4.78, 5) is 14.3. The van der Waals surface area contributed by atoms with Crippen molar-refractivity contribution in [3.8, 4) is 0 Å². The second-order valence-electron chi connectivity index (χ2n) is 5.99. The molecular formula is C14H23N5O. The molecule has 0 radical (unpaired) electrons. The van der Waals surface area contributed by atoms with Crippen molar-refractivity contribution in [3.63, 3.8) is 0 Å². The fourth-order valence-electron chi connectivity index (χ4n) is 2.73. The molecule has 1 saturated carbocycles. The molecule has 1 saturated heterocycles. The highest BCUT2D eigenvalue weighted by atomic mass is 16.2. The van der Waals surface area contributed by atoms with Crippen LogP contribution < -0.4 is 5.32 Å². The lowest BCUT2D eigenvalue weighted by atomic mass is 10.0. The molecule has 6 heteroatoms. The first-order chi connectivity index (χ1) is 9.72. The maximum Gasteiger partial charge on any atom is 0.244 e. The van der Waals surface area contributed by atoms with Gasteiger partial charge in [0.15, 0.2) is 0 Å². The third-order valence-corrected chi connectivity index (χ3v) is 4.16. The molecule has 2 fully saturated rings. The molecule has 6 nitrogen and oxygen atoms in total. The number of amides is 1. The average Bonchev–Trinajstić information content (AvgIpc) is 3.17. The van der Waals surface area contributed by atoms with Crippen molar-refractivity contribution in [1.29, 1.82) is 0 Å².